The molecule has 104 valence electrons. The van der Waals surface area contributed by atoms with Crippen molar-refractivity contribution in [1.82, 2.24) is 20.3 Å². The molecule has 0 spiro atoms. The average molecular weight is 272 g/mol. The molecule has 1 aliphatic rings. The number of hydrogen-bond acceptors (Lipinski definition) is 5. The van der Waals surface area contributed by atoms with Crippen LogP contribution in [0.2, 0.25) is 0 Å². The number of benzene rings is 1. The minimum Gasteiger partial charge on any atom is -0.399 e. The van der Waals surface area contributed by atoms with Crippen molar-refractivity contribution < 1.29 is 4.79 Å². The third kappa shape index (κ3) is 2.35. The van der Waals surface area contributed by atoms with Gasteiger partial charge in [-0.3, -0.25) is 4.79 Å². The minimum absolute atomic E-state index is 0.241. The summed E-state index contributed by atoms with van der Waals surface area (Å²) >= 11 is 0. The molecule has 2 heterocycles. The molecule has 7 nitrogen and oxygen atoms in total. The Hall–Kier alpha value is -2.41. The highest BCUT2D eigenvalue weighted by molar-refractivity contribution is 6.03. The summed E-state index contributed by atoms with van der Waals surface area (Å²) in [7, 11) is 0. The van der Waals surface area contributed by atoms with Crippen molar-refractivity contribution in [2.45, 2.75) is 13.0 Å². The molecule has 7 heteroatoms. The van der Waals surface area contributed by atoms with Gasteiger partial charge in [0.2, 0.25) is 0 Å². The largest absolute Gasteiger partial charge is 0.399 e. The van der Waals surface area contributed by atoms with Crippen molar-refractivity contribution in [2.75, 3.05) is 24.1 Å². The highest BCUT2D eigenvalue weighted by Crippen LogP contribution is 2.18. The molecule has 1 fully saturated rings. The van der Waals surface area contributed by atoms with Gasteiger partial charge in [0.15, 0.2) is 5.69 Å². The normalized spacial score (nSPS) is 14.8. The number of rotatable bonds is 3. The van der Waals surface area contributed by atoms with Crippen molar-refractivity contribution in [3.8, 4) is 0 Å². The van der Waals surface area contributed by atoms with Crippen molar-refractivity contribution in [3.63, 3.8) is 0 Å². The van der Waals surface area contributed by atoms with Gasteiger partial charge in [0.05, 0.1) is 12.2 Å². The topological polar surface area (TPSA) is 97.9 Å². The Labute approximate surface area is 116 Å². The van der Waals surface area contributed by atoms with Crippen LogP contribution in [0.5, 0.6) is 0 Å². The summed E-state index contributed by atoms with van der Waals surface area (Å²) in [4.78, 5) is 13.7. The molecule has 4 N–H and O–H groups in total. The van der Waals surface area contributed by atoms with Gasteiger partial charge in [-0.1, -0.05) is 6.07 Å². The molecular weight excluding hydrogens is 256 g/mol. The monoisotopic (exact) mass is 272 g/mol. The SMILES string of the molecule is Cc1ccc(N)cc1NC(=O)c1cnn(C2CNC2)n1. The van der Waals surface area contributed by atoms with Crippen LogP contribution >= 0.6 is 0 Å². The first kappa shape index (κ1) is 12.6. The molecule has 1 saturated heterocycles. The third-order valence-corrected chi connectivity index (χ3v) is 3.34. The summed E-state index contributed by atoms with van der Waals surface area (Å²) in [5.74, 6) is -0.280. The van der Waals surface area contributed by atoms with E-state index in [1.54, 1.807) is 16.9 Å². The number of amides is 1. The molecule has 1 aromatic heterocycles. The van der Waals surface area contributed by atoms with E-state index in [9.17, 15) is 4.79 Å². The van der Waals surface area contributed by atoms with E-state index in [-0.39, 0.29) is 11.9 Å². The van der Waals surface area contributed by atoms with Gasteiger partial charge in [0.1, 0.15) is 0 Å². The maximum atomic E-state index is 12.1. The number of anilines is 2. The lowest BCUT2D eigenvalue weighted by molar-refractivity contribution is 0.102. The van der Waals surface area contributed by atoms with E-state index in [2.05, 4.69) is 20.8 Å². The molecule has 0 bridgehead atoms. The Morgan fingerprint density at radius 1 is 1.50 bits per heavy atom. The Morgan fingerprint density at radius 2 is 2.30 bits per heavy atom. The number of aromatic nitrogens is 3. The lowest BCUT2D eigenvalue weighted by Gasteiger charge is -2.25. The van der Waals surface area contributed by atoms with E-state index in [0.717, 1.165) is 18.7 Å². The van der Waals surface area contributed by atoms with E-state index < -0.39 is 0 Å². The molecule has 0 saturated carbocycles. The Bertz CT molecular complexity index is 646. The molecule has 0 unspecified atom stereocenters. The second kappa shape index (κ2) is 4.93. The van der Waals surface area contributed by atoms with Crippen molar-refractivity contribution in [2.24, 2.45) is 0 Å². The molecule has 1 amide bonds. The second-order valence-corrected chi connectivity index (χ2v) is 4.89. The van der Waals surface area contributed by atoms with Crippen LogP contribution in [0.15, 0.2) is 24.4 Å². The Morgan fingerprint density at radius 3 is 3.00 bits per heavy atom. The second-order valence-electron chi connectivity index (χ2n) is 4.89. The molecule has 0 aliphatic carbocycles. The van der Waals surface area contributed by atoms with Crippen LogP contribution in [-0.2, 0) is 0 Å². The fourth-order valence-corrected chi connectivity index (χ4v) is 1.95. The van der Waals surface area contributed by atoms with E-state index in [1.807, 2.05) is 13.0 Å². The number of carbonyl (C=O) groups is 1. The van der Waals surface area contributed by atoms with Gasteiger partial charge in [-0.05, 0) is 24.6 Å². The number of hydrogen-bond donors (Lipinski definition) is 3. The fourth-order valence-electron chi connectivity index (χ4n) is 1.95. The van der Waals surface area contributed by atoms with Crippen LogP contribution in [0, 0.1) is 6.92 Å². The number of nitrogens with one attached hydrogen (secondary N) is 2. The first-order chi connectivity index (χ1) is 9.63. The zero-order valence-electron chi connectivity index (χ0n) is 11.1. The molecule has 1 aromatic carbocycles. The number of nitrogens with zero attached hydrogens (tertiary/aromatic N) is 3. The highest BCUT2D eigenvalue weighted by Gasteiger charge is 2.22. The number of nitrogen functional groups attached to an aromatic ring is 1. The highest BCUT2D eigenvalue weighted by atomic mass is 16.2. The summed E-state index contributed by atoms with van der Waals surface area (Å²) in [6.07, 6.45) is 1.48. The van der Waals surface area contributed by atoms with Crippen LogP contribution in [0.1, 0.15) is 22.1 Å². The molecule has 2 aromatic rings. The Kier molecular flexibility index (Phi) is 3.11. The van der Waals surface area contributed by atoms with Crippen molar-refractivity contribution in [3.05, 3.63) is 35.7 Å². The van der Waals surface area contributed by atoms with Crippen molar-refractivity contribution in [1.29, 1.82) is 0 Å². The maximum Gasteiger partial charge on any atom is 0.277 e. The maximum absolute atomic E-state index is 12.1. The van der Waals surface area contributed by atoms with Gasteiger partial charge in [0, 0.05) is 24.5 Å². The molecular formula is C13H16N6O. The van der Waals surface area contributed by atoms with Crippen molar-refractivity contribution >= 4 is 17.3 Å². The first-order valence-corrected chi connectivity index (χ1v) is 6.43. The first-order valence-electron chi connectivity index (χ1n) is 6.43. The van der Waals surface area contributed by atoms with E-state index in [0.29, 0.717) is 17.1 Å². The van der Waals surface area contributed by atoms with E-state index in [4.69, 9.17) is 5.73 Å². The fraction of sp³-hybridized carbons (Fsp3) is 0.308. The zero-order chi connectivity index (χ0) is 14.1. The predicted octanol–water partition coefficient (Wildman–Crippen LogP) is 0.565. The van der Waals surface area contributed by atoms with Gasteiger partial charge in [-0.25, -0.2) is 0 Å². The summed E-state index contributed by atoms with van der Waals surface area (Å²) in [5.41, 5.74) is 8.27. The summed E-state index contributed by atoms with van der Waals surface area (Å²) < 4.78 is 0. The van der Waals surface area contributed by atoms with Crippen LogP contribution in [0.25, 0.3) is 0 Å². The third-order valence-electron chi connectivity index (χ3n) is 3.34. The predicted molar refractivity (Wildman–Crippen MR) is 75.5 cm³/mol. The van der Waals surface area contributed by atoms with Gasteiger partial charge < -0.3 is 16.4 Å². The van der Waals surface area contributed by atoms with Gasteiger partial charge in [0.25, 0.3) is 5.91 Å². The zero-order valence-corrected chi connectivity index (χ0v) is 11.1. The molecule has 0 atom stereocenters. The number of carbonyl (C=O) groups excluding carboxylic acids is 1. The smallest absolute Gasteiger partial charge is 0.277 e. The Balaban J connectivity index is 1.75. The summed E-state index contributed by atoms with van der Waals surface area (Å²) in [5, 5.41) is 14.3. The van der Waals surface area contributed by atoms with E-state index >= 15 is 0 Å². The molecule has 20 heavy (non-hydrogen) atoms. The average Bonchev–Trinajstić information content (AvgIpc) is 2.81. The minimum atomic E-state index is -0.280. The number of nitrogens with two attached hydrogens (primary N) is 1. The molecule has 0 radical (unpaired) electrons. The quantitative estimate of drug-likeness (QED) is 0.709. The molecule has 3 rings (SSSR count). The lowest BCUT2D eigenvalue weighted by atomic mass is 10.2. The summed E-state index contributed by atoms with van der Waals surface area (Å²) in [6, 6.07) is 5.63. The van der Waals surface area contributed by atoms with Crippen LogP contribution < -0.4 is 16.4 Å². The molecule has 1 aliphatic heterocycles. The van der Waals surface area contributed by atoms with Crippen LogP contribution in [-0.4, -0.2) is 34.0 Å². The number of aryl methyl sites for hydroxylation is 1. The van der Waals surface area contributed by atoms with E-state index in [1.165, 1.54) is 6.20 Å². The van der Waals surface area contributed by atoms with Gasteiger partial charge in [-0.2, -0.15) is 9.90 Å². The summed E-state index contributed by atoms with van der Waals surface area (Å²) in [6.45, 7) is 3.58. The van der Waals surface area contributed by atoms with Crippen LogP contribution in [0.3, 0.4) is 0 Å². The van der Waals surface area contributed by atoms with Gasteiger partial charge in [-0.15, -0.1) is 5.10 Å². The lowest BCUT2D eigenvalue weighted by Crippen LogP contribution is -2.44. The van der Waals surface area contributed by atoms with Gasteiger partial charge >= 0.3 is 0 Å². The standard InChI is InChI=1S/C13H16N6O/c1-8-2-3-9(14)4-11(8)17-13(20)12-7-16-19(18-12)10-5-15-6-10/h2-4,7,10,15H,5-6,14H2,1H3,(H,17,20). The van der Waals surface area contributed by atoms with Crippen LogP contribution in [0.4, 0.5) is 11.4 Å².